The van der Waals surface area contributed by atoms with E-state index in [1.165, 1.54) is 0 Å². The minimum absolute atomic E-state index is 0.388. The Hall–Kier alpha value is -1.36. The van der Waals surface area contributed by atoms with Crippen LogP contribution in [0.25, 0.3) is 0 Å². The van der Waals surface area contributed by atoms with Gasteiger partial charge in [0.25, 0.3) is 0 Å². The van der Waals surface area contributed by atoms with Crippen LogP contribution in [0.5, 0.6) is 0 Å². The molecule has 0 unspecified atom stereocenters. The fraction of sp³-hybridized carbons (Fsp3) is 0.375. The van der Waals surface area contributed by atoms with E-state index in [0.717, 1.165) is 18.9 Å². The Morgan fingerprint density at radius 3 is 3.00 bits per heavy atom. The van der Waals surface area contributed by atoms with Gasteiger partial charge in [-0.1, -0.05) is 0 Å². The summed E-state index contributed by atoms with van der Waals surface area (Å²) in [5.74, 6) is 1.18. The van der Waals surface area contributed by atoms with E-state index in [-0.39, 0.29) is 0 Å². The van der Waals surface area contributed by atoms with Gasteiger partial charge >= 0.3 is 0 Å². The van der Waals surface area contributed by atoms with E-state index in [0.29, 0.717) is 5.88 Å². The molecule has 0 saturated carbocycles. The van der Waals surface area contributed by atoms with Crippen molar-refractivity contribution in [2.24, 2.45) is 0 Å². The standard InChI is InChI=1S/C8H10ClN5/c9-6-8-12-10-7-13(8)4-5-14-3-1-2-11-14/h1-3,7H,4-6H2. The molecule has 2 rings (SSSR count). The third-order valence-corrected chi connectivity index (χ3v) is 2.18. The van der Waals surface area contributed by atoms with Crippen LogP contribution < -0.4 is 0 Å². The number of aryl methyl sites for hydroxylation is 2. The molecular formula is C8H10ClN5. The molecule has 0 spiro atoms. The molecule has 0 N–H and O–H groups in total. The van der Waals surface area contributed by atoms with Gasteiger partial charge in [-0.25, -0.2) is 0 Å². The van der Waals surface area contributed by atoms with Gasteiger partial charge < -0.3 is 4.57 Å². The molecule has 0 amide bonds. The second kappa shape index (κ2) is 4.23. The molecule has 2 aromatic heterocycles. The number of halogens is 1. The minimum atomic E-state index is 0.388. The largest absolute Gasteiger partial charge is 0.315 e. The Morgan fingerprint density at radius 1 is 1.36 bits per heavy atom. The van der Waals surface area contributed by atoms with Crippen molar-refractivity contribution >= 4 is 11.6 Å². The number of nitrogens with zero attached hydrogens (tertiary/aromatic N) is 5. The Morgan fingerprint density at radius 2 is 2.29 bits per heavy atom. The van der Waals surface area contributed by atoms with Crippen LogP contribution >= 0.6 is 11.6 Å². The first-order chi connectivity index (χ1) is 6.90. The second-order valence-electron chi connectivity index (χ2n) is 2.84. The molecule has 2 aromatic rings. The first-order valence-electron chi connectivity index (χ1n) is 4.30. The Labute approximate surface area is 86.3 Å². The number of hydrogen-bond donors (Lipinski definition) is 0. The molecule has 0 aliphatic rings. The fourth-order valence-corrected chi connectivity index (χ4v) is 1.42. The van der Waals surface area contributed by atoms with Gasteiger partial charge in [-0.2, -0.15) is 5.10 Å². The lowest BCUT2D eigenvalue weighted by Gasteiger charge is -2.04. The van der Waals surface area contributed by atoms with E-state index in [2.05, 4.69) is 15.3 Å². The van der Waals surface area contributed by atoms with Gasteiger partial charge in [0.1, 0.15) is 12.2 Å². The summed E-state index contributed by atoms with van der Waals surface area (Å²) >= 11 is 5.69. The maximum Gasteiger partial charge on any atom is 0.147 e. The summed E-state index contributed by atoms with van der Waals surface area (Å²) in [7, 11) is 0. The molecule has 0 aromatic carbocycles. The summed E-state index contributed by atoms with van der Waals surface area (Å²) in [4.78, 5) is 0. The molecule has 0 bridgehead atoms. The SMILES string of the molecule is ClCc1nncn1CCn1cccn1. The highest BCUT2D eigenvalue weighted by Gasteiger charge is 2.01. The average Bonchev–Trinajstić information content (AvgIpc) is 2.85. The van der Waals surface area contributed by atoms with Crippen LogP contribution in [0.2, 0.25) is 0 Å². The molecule has 0 radical (unpaired) electrons. The predicted molar refractivity (Wildman–Crippen MR) is 51.8 cm³/mol. The average molecular weight is 212 g/mol. The van der Waals surface area contributed by atoms with Gasteiger partial charge in [-0.05, 0) is 6.07 Å². The first-order valence-corrected chi connectivity index (χ1v) is 4.83. The lowest BCUT2D eigenvalue weighted by atomic mass is 10.5. The normalized spacial score (nSPS) is 10.6. The number of rotatable bonds is 4. The number of alkyl halides is 1. The summed E-state index contributed by atoms with van der Waals surface area (Å²) in [6, 6.07) is 1.90. The van der Waals surface area contributed by atoms with E-state index < -0.39 is 0 Å². The summed E-state index contributed by atoms with van der Waals surface area (Å²) in [5.41, 5.74) is 0. The molecule has 0 aliphatic heterocycles. The van der Waals surface area contributed by atoms with Crippen molar-refractivity contribution < 1.29 is 0 Å². The van der Waals surface area contributed by atoms with Gasteiger partial charge in [0.15, 0.2) is 0 Å². The van der Waals surface area contributed by atoms with Crippen molar-refractivity contribution in [1.29, 1.82) is 0 Å². The predicted octanol–water partition coefficient (Wildman–Crippen LogP) is 0.914. The molecule has 0 atom stereocenters. The van der Waals surface area contributed by atoms with Crippen molar-refractivity contribution in [2.45, 2.75) is 19.0 Å². The van der Waals surface area contributed by atoms with E-state index in [4.69, 9.17) is 11.6 Å². The third kappa shape index (κ3) is 1.93. The lowest BCUT2D eigenvalue weighted by molar-refractivity contribution is 0.524. The van der Waals surface area contributed by atoms with Gasteiger partial charge in [-0.15, -0.1) is 21.8 Å². The number of hydrogen-bond acceptors (Lipinski definition) is 3. The Bertz CT molecular complexity index is 380. The highest BCUT2D eigenvalue weighted by atomic mass is 35.5. The van der Waals surface area contributed by atoms with Crippen molar-refractivity contribution in [1.82, 2.24) is 24.5 Å². The molecule has 5 nitrogen and oxygen atoms in total. The lowest BCUT2D eigenvalue weighted by Crippen LogP contribution is -2.09. The molecule has 6 heteroatoms. The molecule has 14 heavy (non-hydrogen) atoms. The van der Waals surface area contributed by atoms with Crippen LogP contribution in [0.1, 0.15) is 5.82 Å². The van der Waals surface area contributed by atoms with Crippen LogP contribution in [0.3, 0.4) is 0 Å². The summed E-state index contributed by atoms with van der Waals surface area (Å²) in [6.07, 6.45) is 5.36. The Kier molecular flexibility index (Phi) is 2.78. The monoisotopic (exact) mass is 211 g/mol. The highest BCUT2D eigenvalue weighted by Crippen LogP contribution is 1.99. The summed E-state index contributed by atoms with van der Waals surface area (Å²) in [6.45, 7) is 1.59. The topological polar surface area (TPSA) is 48.5 Å². The molecular weight excluding hydrogens is 202 g/mol. The Balaban J connectivity index is 1.98. The molecule has 0 aliphatic carbocycles. The zero-order valence-corrected chi connectivity index (χ0v) is 8.30. The van der Waals surface area contributed by atoms with Gasteiger partial charge in [0.2, 0.25) is 0 Å². The zero-order valence-electron chi connectivity index (χ0n) is 7.54. The van der Waals surface area contributed by atoms with Crippen molar-refractivity contribution in [3.8, 4) is 0 Å². The molecule has 0 saturated heterocycles. The molecule has 0 fully saturated rings. The van der Waals surface area contributed by atoms with Gasteiger partial charge in [0.05, 0.1) is 12.4 Å². The van der Waals surface area contributed by atoms with Crippen molar-refractivity contribution in [3.05, 3.63) is 30.6 Å². The molecule has 74 valence electrons. The van der Waals surface area contributed by atoms with Gasteiger partial charge in [0, 0.05) is 18.9 Å². The minimum Gasteiger partial charge on any atom is -0.315 e. The van der Waals surface area contributed by atoms with Crippen LogP contribution in [0.15, 0.2) is 24.8 Å². The quantitative estimate of drug-likeness (QED) is 0.707. The summed E-state index contributed by atoms with van der Waals surface area (Å²) < 4.78 is 3.78. The van der Waals surface area contributed by atoms with Crippen molar-refractivity contribution in [2.75, 3.05) is 0 Å². The number of aromatic nitrogens is 5. The van der Waals surface area contributed by atoms with Crippen molar-refractivity contribution in [3.63, 3.8) is 0 Å². The fourth-order valence-electron chi connectivity index (χ4n) is 1.21. The molecule has 2 heterocycles. The zero-order chi connectivity index (χ0) is 9.80. The van der Waals surface area contributed by atoms with E-state index in [1.54, 1.807) is 12.5 Å². The van der Waals surface area contributed by atoms with Crippen LogP contribution in [0, 0.1) is 0 Å². The van der Waals surface area contributed by atoms with Crippen LogP contribution in [-0.2, 0) is 19.0 Å². The van der Waals surface area contributed by atoms with E-state index in [9.17, 15) is 0 Å². The third-order valence-electron chi connectivity index (χ3n) is 1.94. The second-order valence-corrected chi connectivity index (χ2v) is 3.11. The smallest absolute Gasteiger partial charge is 0.147 e. The maximum atomic E-state index is 5.69. The van der Waals surface area contributed by atoms with Gasteiger partial charge in [-0.3, -0.25) is 4.68 Å². The summed E-state index contributed by atoms with van der Waals surface area (Å²) in [5, 5.41) is 11.8. The van der Waals surface area contributed by atoms with E-state index >= 15 is 0 Å². The van der Waals surface area contributed by atoms with E-state index in [1.807, 2.05) is 21.5 Å². The van der Waals surface area contributed by atoms with Crippen LogP contribution in [0.4, 0.5) is 0 Å². The maximum absolute atomic E-state index is 5.69. The highest BCUT2D eigenvalue weighted by molar-refractivity contribution is 6.16. The van der Waals surface area contributed by atoms with Crippen LogP contribution in [-0.4, -0.2) is 24.5 Å². The first kappa shape index (κ1) is 9.21.